The van der Waals surface area contributed by atoms with E-state index in [4.69, 9.17) is 9.72 Å². The molecule has 254 valence electrons. The summed E-state index contributed by atoms with van der Waals surface area (Å²) in [5, 5.41) is 7.35. The van der Waals surface area contributed by atoms with Crippen LogP contribution in [-0.2, 0) is 22.5 Å². The summed E-state index contributed by atoms with van der Waals surface area (Å²) in [5.41, 5.74) is 1.16. The normalized spacial score (nSPS) is 16.1. The Morgan fingerprint density at radius 1 is 1.00 bits per heavy atom. The van der Waals surface area contributed by atoms with Crippen LogP contribution < -0.4 is 20.5 Å². The molecule has 0 spiro atoms. The topological polar surface area (TPSA) is 123 Å². The maximum Gasteiger partial charge on any atom is 0.573 e. The summed E-state index contributed by atoms with van der Waals surface area (Å²) in [6.45, 7) is 8.43. The van der Waals surface area contributed by atoms with Crippen LogP contribution in [0.25, 0.3) is 11.4 Å². The van der Waals surface area contributed by atoms with Gasteiger partial charge in [-0.25, -0.2) is 4.79 Å². The van der Waals surface area contributed by atoms with Gasteiger partial charge in [-0.1, -0.05) is 19.4 Å². The Hall–Kier alpha value is -4.56. The lowest BCUT2D eigenvalue weighted by atomic mass is 10.1. The van der Waals surface area contributed by atoms with E-state index in [0.717, 1.165) is 49.8 Å². The van der Waals surface area contributed by atoms with Crippen LogP contribution in [0.2, 0.25) is 0 Å². The monoisotopic (exact) mass is 659 g/mol. The molecule has 0 bridgehead atoms. The number of rotatable bonds is 7. The van der Waals surface area contributed by atoms with E-state index in [1.807, 2.05) is 11.8 Å². The van der Waals surface area contributed by atoms with Crippen LogP contribution in [-0.4, -0.2) is 74.2 Å². The Balaban J connectivity index is 1.48. The van der Waals surface area contributed by atoms with Crippen LogP contribution in [0.3, 0.4) is 0 Å². The highest BCUT2D eigenvalue weighted by atomic mass is 19.4. The fraction of sp³-hybridized carbons (Fsp3) is 0.531. The first kappa shape index (κ1) is 33.8. The van der Waals surface area contributed by atoms with E-state index in [1.54, 1.807) is 30.2 Å². The van der Waals surface area contributed by atoms with Crippen molar-refractivity contribution in [3.63, 3.8) is 0 Å². The highest BCUT2D eigenvalue weighted by Crippen LogP contribution is 2.27. The van der Waals surface area contributed by atoms with Gasteiger partial charge in [-0.05, 0) is 82.7 Å². The quantitative estimate of drug-likeness (QED) is 0.358. The van der Waals surface area contributed by atoms with Crippen molar-refractivity contribution in [3.8, 4) is 5.75 Å². The van der Waals surface area contributed by atoms with Crippen molar-refractivity contribution in [2.45, 2.75) is 84.7 Å². The van der Waals surface area contributed by atoms with E-state index in [9.17, 15) is 27.6 Å². The molecule has 0 saturated carbocycles. The Bertz CT molecular complexity index is 1700. The van der Waals surface area contributed by atoms with Crippen LogP contribution in [0.4, 0.5) is 29.3 Å². The Labute approximate surface area is 270 Å². The van der Waals surface area contributed by atoms with E-state index in [0.29, 0.717) is 49.8 Å². The van der Waals surface area contributed by atoms with Crippen LogP contribution in [0.15, 0.2) is 35.1 Å². The lowest BCUT2D eigenvalue weighted by Gasteiger charge is -2.37. The predicted molar refractivity (Wildman–Crippen MR) is 169 cm³/mol. The van der Waals surface area contributed by atoms with E-state index < -0.39 is 29.7 Å². The van der Waals surface area contributed by atoms with Gasteiger partial charge >= 0.3 is 12.5 Å². The molecule has 3 aromatic rings. The van der Waals surface area contributed by atoms with Gasteiger partial charge in [0.2, 0.25) is 11.7 Å². The van der Waals surface area contributed by atoms with Gasteiger partial charge in [0, 0.05) is 31.9 Å². The fourth-order valence-electron chi connectivity index (χ4n) is 5.81. The number of halogens is 3. The number of hydrogen-bond acceptors (Lipinski definition) is 8. The number of carbonyl (C=O) groups excluding carboxylic acids is 2. The molecule has 15 heteroatoms. The second kappa shape index (κ2) is 13.7. The number of benzene rings is 1. The average molecular weight is 660 g/mol. The zero-order valence-electron chi connectivity index (χ0n) is 27.0. The van der Waals surface area contributed by atoms with Crippen molar-refractivity contribution in [2.75, 3.05) is 36.4 Å². The van der Waals surface area contributed by atoms with Crippen LogP contribution in [0.5, 0.6) is 5.75 Å². The number of hydrogen-bond donors (Lipinski definition) is 1. The second-order valence-electron chi connectivity index (χ2n) is 12.6. The van der Waals surface area contributed by atoms with Gasteiger partial charge in [-0.3, -0.25) is 9.59 Å². The number of ether oxygens (including phenoxy) is 2. The summed E-state index contributed by atoms with van der Waals surface area (Å²) in [6, 6.07) is 4.84. The van der Waals surface area contributed by atoms with Crippen molar-refractivity contribution in [3.05, 3.63) is 52.2 Å². The molecule has 5 rings (SSSR count). The summed E-state index contributed by atoms with van der Waals surface area (Å²) < 4.78 is 50.1. The third-order valence-corrected chi connectivity index (χ3v) is 7.91. The first-order chi connectivity index (χ1) is 22.2. The zero-order valence-corrected chi connectivity index (χ0v) is 27.0. The largest absolute Gasteiger partial charge is 0.573 e. The minimum atomic E-state index is -4.83. The fourth-order valence-corrected chi connectivity index (χ4v) is 5.81. The molecule has 2 amide bonds. The van der Waals surface area contributed by atoms with Gasteiger partial charge in [0.25, 0.3) is 5.56 Å². The number of allylic oxidation sites excluding steroid dienone is 2. The summed E-state index contributed by atoms with van der Waals surface area (Å²) >= 11 is 0. The van der Waals surface area contributed by atoms with Crippen molar-refractivity contribution in [2.24, 2.45) is 0 Å². The molecule has 0 atom stereocenters. The smallest absolute Gasteiger partial charge is 0.444 e. The third kappa shape index (κ3) is 8.24. The number of piperazine rings is 1. The van der Waals surface area contributed by atoms with Gasteiger partial charge < -0.3 is 29.2 Å². The molecular formula is C32H40F3N7O5. The van der Waals surface area contributed by atoms with Gasteiger partial charge in [0.1, 0.15) is 23.6 Å². The number of nitrogens with one attached hydrogen (secondary N) is 1. The molecule has 1 aliphatic heterocycles. The molecule has 0 unspecified atom stereocenters. The van der Waals surface area contributed by atoms with Crippen LogP contribution in [0.1, 0.15) is 71.3 Å². The van der Waals surface area contributed by atoms with Gasteiger partial charge in [-0.2, -0.15) is 9.50 Å². The summed E-state index contributed by atoms with van der Waals surface area (Å²) in [4.78, 5) is 48.5. The number of carbonyl (C=O) groups is 2. The van der Waals surface area contributed by atoms with Gasteiger partial charge in [-0.15, -0.1) is 18.3 Å². The van der Waals surface area contributed by atoms with E-state index >= 15 is 0 Å². The molecule has 47 heavy (non-hydrogen) atoms. The van der Waals surface area contributed by atoms with E-state index in [2.05, 4.69) is 21.2 Å². The predicted octanol–water partition coefficient (Wildman–Crippen LogP) is 5.40. The molecule has 1 aromatic carbocycles. The maximum absolute atomic E-state index is 14.1. The number of fused-ring (bicyclic) bond motifs is 1. The Kier molecular flexibility index (Phi) is 9.82. The molecule has 3 heterocycles. The minimum absolute atomic E-state index is 0.215. The molecule has 1 fully saturated rings. The molecular weight excluding hydrogens is 619 g/mol. The van der Waals surface area contributed by atoms with Gasteiger partial charge in [0.05, 0.1) is 5.69 Å². The van der Waals surface area contributed by atoms with Crippen LogP contribution in [0, 0.1) is 0 Å². The van der Waals surface area contributed by atoms with Crippen molar-refractivity contribution < 1.29 is 32.2 Å². The summed E-state index contributed by atoms with van der Waals surface area (Å²) in [5.74, 6) is -0.237. The molecule has 1 aliphatic carbocycles. The zero-order chi connectivity index (χ0) is 33.9. The average Bonchev–Trinajstić information content (AvgIpc) is 3.26. The number of nitrogens with zero attached hydrogens (tertiary/aromatic N) is 6. The lowest BCUT2D eigenvalue weighted by molar-refractivity contribution is -0.274. The molecule has 2 aliphatic rings. The van der Waals surface area contributed by atoms with Crippen molar-refractivity contribution >= 4 is 34.7 Å². The summed E-state index contributed by atoms with van der Waals surface area (Å²) in [6.07, 6.45) is 2.03. The van der Waals surface area contributed by atoms with Gasteiger partial charge in [0.15, 0.2) is 5.82 Å². The molecule has 12 nitrogen and oxygen atoms in total. The van der Waals surface area contributed by atoms with Crippen molar-refractivity contribution in [1.82, 2.24) is 24.1 Å². The third-order valence-electron chi connectivity index (χ3n) is 7.91. The Morgan fingerprint density at radius 3 is 2.34 bits per heavy atom. The lowest BCUT2D eigenvalue weighted by Crippen LogP contribution is -2.51. The standard InChI is InChI=1S/C32H40F3N7O5/c1-5-24-26(39-16-18-40(19-17-39)30(45)47-31(2,3)4)28(44)42-29(37-27(38-42)21-10-8-6-7-9-11-21)41(24)20-25(43)36-22-12-14-23(15-13-22)46-32(33,34)35/h10,12-15H,5-9,11,16-20H2,1-4H3,(H,36,43). The number of alkyl halides is 3. The maximum atomic E-state index is 14.1. The first-order valence-electron chi connectivity index (χ1n) is 15.8. The highest BCUT2D eigenvalue weighted by Gasteiger charge is 2.32. The first-order valence-corrected chi connectivity index (χ1v) is 15.8. The minimum Gasteiger partial charge on any atom is -0.444 e. The second-order valence-corrected chi connectivity index (χ2v) is 12.6. The van der Waals surface area contributed by atoms with E-state index in [1.165, 1.54) is 16.6 Å². The number of anilines is 2. The van der Waals surface area contributed by atoms with Crippen molar-refractivity contribution in [1.29, 1.82) is 0 Å². The number of aromatic nitrogens is 4. The molecule has 0 radical (unpaired) electrons. The molecule has 1 saturated heterocycles. The highest BCUT2D eigenvalue weighted by molar-refractivity contribution is 5.91. The summed E-state index contributed by atoms with van der Waals surface area (Å²) in [7, 11) is 0. The van der Waals surface area contributed by atoms with Crippen LogP contribution >= 0.6 is 0 Å². The Morgan fingerprint density at radius 2 is 1.70 bits per heavy atom. The molecule has 1 N–H and O–H groups in total. The SMILES string of the molecule is CCc1c(N2CCN(C(=O)OC(C)(C)C)CC2)c(=O)n2nc(C3=CCCCCC3)nc2n1CC(=O)Nc1ccc(OC(F)(F)F)cc1. The van der Waals surface area contributed by atoms with E-state index in [-0.39, 0.29) is 23.6 Å². The number of amides is 2. The molecule has 2 aromatic heterocycles.